The molecule has 0 radical (unpaired) electrons. The van der Waals surface area contributed by atoms with Gasteiger partial charge in [-0.05, 0) is 31.5 Å². The van der Waals surface area contributed by atoms with E-state index in [0.29, 0.717) is 18.1 Å². The van der Waals surface area contributed by atoms with Gasteiger partial charge in [-0.1, -0.05) is 24.8 Å². The zero-order valence-corrected chi connectivity index (χ0v) is 14.2. The lowest BCUT2D eigenvalue weighted by Crippen LogP contribution is -2.25. The molecule has 0 fully saturated rings. The summed E-state index contributed by atoms with van der Waals surface area (Å²) in [6, 6.07) is 9.13. The molecule has 6 nitrogen and oxygen atoms in total. The van der Waals surface area contributed by atoms with Crippen LogP contribution in [0.4, 0.5) is 0 Å². The zero-order chi connectivity index (χ0) is 18.4. The van der Waals surface area contributed by atoms with Crippen LogP contribution >= 0.6 is 0 Å². The number of rotatable bonds is 6. The number of carbonyl (C=O) groups is 1. The summed E-state index contributed by atoms with van der Waals surface area (Å²) in [5, 5.41) is 9.50. The third kappa shape index (κ3) is 3.83. The number of hydrogen-bond donors (Lipinski definition) is 1. The summed E-state index contributed by atoms with van der Waals surface area (Å²) in [7, 11) is 0. The van der Waals surface area contributed by atoms with Crippen molar-refractivity contribution in [2.75, 3.05) is 13.2 Å². The second-order valence-electron chi connectivity index (χ2n) is 5.28. The highest BCUT2D eigenvalue weighted by Gasteiger charge is 2.36. The highest BCUT2D eigenvalue weighted by molar-refractivity contribution is 5.92. The first-order valence-corrected chi connectivity index (χ1v) is 7.82. The van der Waals surface area contributed by atoms with E-state index < -0.39 is 11.9 Å². The summed E-state index contributed by atoms with van der Waals surface area (Å²) in [4.78, 5) is 12.4. The third-order valence-corrected chi connectivity index (χ3v) is 3.68. The number of allylic oxidation sites excluding steroid dienone is 2. The second-order valence-corrected chi connectivity index (χ2v) is 5.28. The lowest BCUT2D eigenvalue weighted by atomic mass is 9.83. The van der Waals surface area contributed by atoms with Crippen molar-refractivity contribution in [2.24, 2.45) is 5.73 Å². The van der Waals surface area contributed by atoms with E-state index in [2.05, 4.69) is 6.58 Å². The van der Waals surface area contributed by atoms with Crippen molar-refractivity contribution in [2.45, 2.75) is 19.8 Å². The van der Waals surface area contributed by atoms with Crippen LogP contribution in [-0.4, -0.2) is 19.2 Å². The van der Waals surface area contributed by atoms with Gasteiger partial charge in [-0.3, -0.25) is 0 Å². The SMILES string of the molecule is C=CCOc1ccc([C@@H]2C(C#N)=C(N)OC(C)=C2C(=O)OCC)cc1. The molecule has 1 aliphatic rings. The molecule has 1 aliphatic heterocycles. The van der Waals surface area contributed by atoms with E-state index in [-0.39, 0.29) is 23.6 Å². The fourth-order valence-corrected chi connectivity index (χ4v) is 2.60. The Labute approximate surface area is 146 Å². The van der Waals surface area contributed by atoms with E-state index in [9.17, 15) is 10.1 Å². The van der Waals surface area contributed by atoms with Crippen LogP contribution in [-0.2, 0) is 14.3 Å². The van der Waals surface area contributed by atoms with Crippen LogP contribution in [0.2, 0.25) is 0 Å². The molecule has 0 unspecified atom stereocenters. The highest BCUT2D eigenvalue weighted by Crippen LogP contribution is 2.39. The summed E-state index contributed by atoms with van der Waals surface area (Å²) in [6.45, 7) is 7.55. The van der Waals surface area contributed by atoms with Gasteiger partial charge in [-0.2, -0.15) is 5.26 Å². The molecule has 0 aliphatic carbocycles. The number of nitrogens with two attached hydrogens (primary N) is 1. The van der Waals surface area contributed by atoms with E-state index >= 15 is 0 Å². The molecule has 0 bridgehead atoms. The number of ether oxygens (including phenoxy) is 3. The molecule has 2 rings (SSSR count). The first kappa shape index (κ1) is 18.1. The number of carbonyl (C=O) groups excluding carboxylic acids is 1. The van der Waals surface area contributed by atoms with E-state index in [4.69, 9.17) is 19.9 Å². The normalized spacial score (nSPS) is 16.8. The Kier molecular flexibility index (Phi) is 5.85. The van der Waals surface area contributed by atoms with Gasteiger partial charge in [0.15, 0.2) is 0 Å². The molecule has 6 heteroatoms. The minimum Gasteiger partial charge on any atom is -0.490 e. The zero-order valence-electron chi connectivity index (χ0n) is 14.2. The van der Waals surface area contributed by atoms with E-state index in [0.717, 1.165) is 5.56 Å². The van der Waals surface area contributed by atoms with Gasteiger partial charge in [0.2, 0.25) is 5.88 Å². The molecular weight excluding hydrogens is 320 g/mol. The predicted molar refractivity (Wildman–Crippen MR) is 92.1 cm³/mol. The van der Waals surface area contributed by atoms with E-state index in [1.54, 1.807) is 44.2 Å². The fraction of sp³-hybridized carbons (Fsp3) is 0.263. The van der Waals surface area contributed by atoms with Gasteiger partial charge in [-0.25, -0.2) is 4.79 Å². The summed E-state index contributed by atoms with van der Waals surface area (Å²) in [6.07, 6.45) is 1.65. The Balaban J connectivity index is 2.47. The number of esters is 1. The molecule has 0 saturated carbocycles. The van der Waals surface area contributed by atoms with E-state index in [1.165, 1.54) is 0 Å². The first-order chi connectivity index (χ1) is 12.0. The van der Waals surface area contributed by atoms with Crippen molar-refractivity contribution in [3.8, 4) is 11.8 Å². The Morgan fingerprint density at radius 1 is 1.44 bits per heavy atom. The van der Waals surface area contributed by atoms with Crippen LogP contribution in [0.15, 0.2) is 59.7 Å². The number of nitriles is 1. The summed E-state index contributed by atoms with van der Waals surface area (Å²) >= 11 is 0. The van der Waals surface area contributed by atoms with Crippen LogP contribution in [0.1, 0.15) is 25.3 Å². The second kappa shape index (κ2) is 8.06. The highest BCUT2D eigenvalue weighted by atomic mass is 16.5. The van der Waals surface area contributed by atoms with Crippen molar-refractivity contribution >= 4 is 5.97 Å². The predicted octanol–water partition coefficient (Wildman–Crippen LogP) is 2.90. The Hall–Kier alpha value is -3.20. The quantitative estimate of drug-likeness (QED) is 0.632. The largest absolute Gasteiger partial charge is 0.490 e. The fourth-order valence-electron chi connectivity index (χ4n) is 2.60. The molecule has 0 amide bonds. The lowest BCUT2D eigenvalue weighted by molar-refractivity contribution is -0.139. The number of benzene rings is 1. The van der Waals surface area contributed by atoms with Crippen LogP contribution in [0, 0.1) is 11.3 Å². The van der Waals surface area contributed by atoms with Crippen LogP contribution in [0.25, 0.3) is 0 Å². The maximum absolute atomic E-state index is 12.4. The van der Waals surface area contributed by atoms with Crippen molar-refractivity contribution in [1.82, 2.24) is 0 Å². The number of hydrogen-bond acceptors (Lipinski definition) is 6. The molecule has 1 aromatic carbocycles. The maximum Gasteiger partial charge on any atom is 0.338 e. The average molecular weight is 340 g/mol. The average Bonchev–Trinajstić information content (AvgIpc) is 2.60. The molecule has 130 valence electrons. The molecule has 0 aromatic heterocycles. The van der Waals surface area contributed by atoms with Crippen molar-refractivity contribution in [3.05, 3.63) is 65.3 Å². The summed E-state index contributed by atoms with van der Waals surface area (Å²) in [5.41, 5.74) is 7.02. The van der Waals surface area contributed by atoms with Crippen LogP contribution in [0.5, 0.6) is 5.75 Å². The van der Waals surface area contributed by atoms with Crippen LogP contribution in [0.3, 0.4) is 0 Å². The topological polar surface area (TPSA) is 94.6 Å². The molecule has 1 heterocycles. The van der Waals surface area contributed by atoms with Gasteiger partial charge in [0.05, 0.1) is 18.1 Å². The van der Waals surface area contributed by atoms with Crippen molar-refractivity contribution < 1.29 is 19.0 Å². The smallest absolute Gasteiger partial charge is 0.338 e. The summed E-state index contributed by atoms with van der Waals surface area (Å²) < 4.78 is 16.0. The van der Waals surface area contributed by atoms with Gasteiger partial charge in [0, 0.05) is 0 Å². The minimum absolute atomic E-state index is 0.00923. The van der Waals surface area contributed by atoms with Gasteiger partial charge >= 0.3 is 5.97 Å². The minimum atomic E-state index is -0.647. The standard InChI is InChI=1S/C19H20N2O4/c1-4-10-24-14-8-6-13(7-9-14)17-15(11-20)18(21)25-12(3)16(17)19(22)23-5-2/h4,6-9,17H,1,5,10,21H2,2-3H3/t17-/m1/s1. The van der Waals surface area contributed by atoms with Crippen molar-refractivity contribution in [3.63, 3.8) is 0 Å². The Bertz CT molecular complexity index is 770. The Morgan fingerprint density at radius 2 is 2.12 bits per heavy atom. The van der Waals surface area contributed by atoms with E-state index in [1.807, 2.05) is 6.07 Å². The van der Waals surface area contributed by atoms with Gasteiger partial charge < -0.3 is 19.9 Å². The summed E-state index contributed by atoms with van der Waals surface area (Å²) in [5.74, 6) is -0.204. The maximum atomic E-state index is 12.4. The molecule has 0 spiro atoms. The van der Waals surface area contributed by atoms with Crippen LogP contribution < -0.4 is 10.5 Å². The monoisotopic (exact) mass is 340 g/mol. The molecule has 2 N–H and O–H groups in total. The van der Waals surface area contributed by atoms with Gasteiger partial charge in [0.25, 0.3) is 0 Å². The van der Waals surface area contributed by atoms with Gasteiger partial charge in [0.1, 0.15) is 29.8 Å². The molecule has 1 atom stereocenters. The molecule has 25 heavy (non-hydrogen) atoms. The van der Waals surface area contributed by atoms with Crippen molar-refractivity contribution in [1.29, 1.82) is 5.26 Å². The lowest BCUT2D eigenvalue weighted by Gasteiger charge is -2.26. The number of nitrogens with zero attached hydrogens (tertiary/aromatic N) is 1. The first-order valence-electron chi connectivity index (χ1n) is 7.82. The molecule has 1 aromatic rings. The van der Waals surface area contributed by atoms with Gasteiger partial charge in [-0.15, -0.1) is 0 Å². The molecule has 0 saturated heterocycles. The molecular formula is C19H20N2O4. The Morgan fingerprint density at radius 3 is 2.68 bits per heavy atom. The third-order valence-electron chi connectivity index (χ3n) is 3.68.